The van der Waals surface area contributed by atoms with E-state index in [4.69, 9.17) is 5.73 Å². The molecule has 6 heteroatoms. The molecular formula is C9H11N3O2S. The molecule has 2 rings (SSSR count). The largest absolute Gasteiger partial charge is 0.369 e. The van der Waals surface area contributed by atoms with Crippen molar-refractivity contribution in [3.8, 4) is 0 Å². The number of nitrogens with zero attached hydrogens (tertiary/aromatic N) is 2. The van der Waals surface area contributed by atoms with Crippen LogP contribution in [0, 0.1) is 6.92 Å². The molecule has 15 heavy (non-hydrogen) atoms. The monoisotopic (exact) mass is 225 g/mol. The van der Waals surface area contributed by atoms with Gasteiger partial charge in [0.1, 0.15) is 4.90 Å². The Morgan fingerprint density at radius 1 is 1.40 bits per heavy atom. The number of hydrogen-bond acceptors (Lipinski definition) is 4. The molecule has 2 N–H and O–H groups in total. The molecule has 0 fully saturated rings. The number of hydrogen-bond donors (Lipinski definition) is 1. The van der Waals surface area contributed by atoms with E-state index in [1.54, 1.807) is 19.1 Å². The minimum absolute atomic E-state index is 0.00296. The molecule has 0 unspecified atom stereocenters. The average Bonchev–Trinajstić information content (AvgIpc) is 2.17. The summed E-state index contributed by atoms with van der Waals surface area (Å²) in [5, 5.41) is 0. The summed E-state index contributed by atoms with van der Waals surface area (Å²) in [7, 11) is -2.13. The van der Waals surface area contributed by atoms with Crippen molar-refractivity contribution in [2.45, 2.75) is 11.8 Å². The number of sulfonamides is 1. The Balaban J connectivity index is 2.84. The minimum atomic E-state index is -3.51. The lowest BCUT2D eigenvalue weighted by Crippen LogP contribution is -2.40. The Morgan fingerprint density at radius 2 is 2.07 bits per heavy atom. The topological polar surface area (TPSA) is 75.8 Å². The van der Waals surface area contributed by atoms with Crippen LogP contribution in [0.4, 0.5) is 5.69 Å². The van der Waals surface area contributed by atoms with Gasteiger partial charge in [-0.3, -0.25) is 0 Å². The summed E-state index contributed by atoms with van der Waals surface area (Å²) in [6.07, 6.45) is 0. The van der Waals surface area contributed by atoms with Crippen LogP contribution >= 0.6 is 0 Å². The Labute approximate surface area is 88.3 Å². The van der Waals surface area contributed by atoms with Crippen LogP contribution in [0.25, 0.3) is 0 Å². The standard InChI is InChI=1S/C9H11N3O2S/c1-6-4-3-5-7-8(6)11-9(10)12(2)15(7,13)14/h3-5H,1-2H3,(H2,10,11). The fraction of sp³-hybridized carbons (Fsp3) is 0.222. The molecule has 1 aromatic rings. The molecule has 0 aliphatic carbocycles. The first-order valence-electron chi connectivity index (χ1n) is 4.37. The van der Waals surface area contributed by atoms with Gasteiger partial charge < -0.3 is 5.73 Å². The molecule has 1 aliphatic heterocycles. The Morgan fingerprint density at radius 3 is 2.73 bits per heavy atom. The van der Waals surface area contributed by atoms with Gasteiger partial charge in [0, 0.05) is 7.05 Å². The van der Waals surface area contributed by atoms with Crippen LogP contribution in [0.1, 0.15) is 5.56 Å². The Kier molecular flexibility index (Phi) is 1.97. The van der Waals surface area contributed by atoms with Crippen LogP contribution in [0.2, 0.25) is 0 Å². The van der Waals surface area contributed by atoms with Crippen molar-refractivity contribution >= 4 is 21.7 Å². The van der Waals surface area contributed by atoms with E-state index in [0.29, 0.717) is 5.69 Å². The molecule has 0 aromatic heterocycles. The molecule has 80 valence electrons. The summed E-state index contributed by atoms with van der Waals surface area (Å²) < 4.78 is 24.8. The van der Waals surface area contributed by atoms with Gasteiger partial charge in [0.05, 0.1) is 5.69 Å². The van der Waals surface area contributed by atoms with Gasteiger partial charge in [0.15, 0.2) is 0 Å². The fourth-order valence-corrected chi connectivity index (χ4v) is 2.72. The summed E-state index contributed by atoms with van der Waals surface area (Å²) in [6.45, 7) is 1.80. The molecule has 1 heterocycles. The van der Waals surface area contributed by atoms with Crippen molar-refractivity contribution < 1.29 is 8.42 Å². The molecule has 0 amide bonds. The van der Waals surface area contributed by atoms with Crippen molar-refractivity contribution in [1.82, 2.24) is 4.31 Å². The summed E-state index contributed by atoms with van der Waals surface area (Å²) >= 11 is 0. The molecule has 0 saturated carbocycles. The second-order valence-electron chi connectivity index (χ2n) is 3.36. The highest BCUT2D eigenvalue weighted by atomic mass is 32.2. The molecule has 0 atom stereocenters. The van der Waals surface area contributed by atoms with E-state index < -0.39 is 10.0 Å². The Bertz CT molecular complexity index is 548. The third kappa shape index (κ3) is 1.29. The van der Waals surface area contributed by atoms with Crippen LogP contribution < -0.4 is 5.73 Å². The summed E-state index contributed by atoms with van der Waals surface area (Å²) in [5.41, 5.74) is 6.77. The molecule has 0 radical (unpaired) electrons. The predicted molar refractivity (Wildman–Crippen MR) is 57.4 cm³/mol. The van der Waals surface area contributed by atoms with Crippen molar-refractivity contribution in [3.05, 3.63) is 23.8 Å². The van der Waals surface area contributed by atoms with Crippen molar-refractivity contribution in [2.75, 3.05) is 7.05 Å². The predicted octanol–water partition coefficient (Wildman–Crippen LogP) is 0.575. The van der Waals surface area contributed by atoms with Gasteiger partial charge in [-0.15, -0.1) is 0 Å². The van der Waals surface area contributed by atoms with Gasteiger partial charge >= 0.3 is 0 Å². The minimum Gasteiger partial charge on any atom is -0.369 e. The van der Waals surface area contributed by atoms with E-state index in [0.717, 1.165) is 9.87 Å². The molecule has 0 spiro atoms. The summed E-state index contributed by atoms with van der Waals surface area (Å²) in [6, 6.07) is 5.02. The van der Waals surface area contributed by atoms with Gasteiger partial charge in [0.25, 0.3) is 10.0 Å². The highest BCUT2D eigenvalue weighted by Gasteiger charge is 2.30. The van der Waals surface area contributed by atoms with Crippen LogP contribution in [-0.4, -0.2) is 25.7 Å². The zero-order chi connectivity index (χ0) is 11.2. The van der Waals surface area contributed by atoms with Crippen molar-refractivity contribution in [2.24, 2.45) is 10.7 Å². The normalized spacial score (nSPS) is 18.3. The highest BCUT2D eigenvalue weighted by molar-refractivity contribution is 7.89. The lowest BCUT2D eigenvalue weighted by molar-refractivity contribution is 0.548. The number of rotatable bonds is 0. The molecule has 1 aromatic carbocycles. The number of guanidine groups is 1. The molecule has 0 saturated heterocycles. The van der Waals surface area contributed by atoms with Gasteiger partial charge in [0.2, 0.25) is 5.96 Å². The zero-order valence-electron chi connectivity index (χ0n) is 8.43. The van der Waals surface area contributed by atoms with E-state index in [2.05, 4.69) is 4.99 Å². The first-order chi connectivity index (χ1) is 6.94. The van der Waals surface area contributed by atoms with Gasteiger partial charge in [-0.1, -0.05) is 12.1 Å². The number of aryl methyl sites for hydroxylation is 1. The van der Waals surface area contributed by atoms with E-state index in [9.17, 15) is 8.42 Å². The number of nitrogens with two attached hydrogens (primary N) is 1. The van der Waals surface area contributed by atoms with Crippen molar-refractivity contribution in [1.29, 1.82) is 0 Å². The third-order valence-electron chi connectivity index (χ3n) is 2.39. The molecule has 1 aliphatic rings. The van der Waals surface area contributed by atoms with Crippen LogP contribution in [0.15, 0.2) is 28.1 Å². The zero-order valence-corrected chi connectivity index (χ0v) is 9.25. The number of fused-ring (bicyclic) bond motifs is 1. The molecule has 5 nitrogen and oxygen atoms in total. The molecule has 0 bridgehead atoms. The lowest BCUT2D eigenvalue weighted by atomic mass is 10.2. The van der Waals surface area contributed by atoms with E-state index in [1.807, 2.05) is 0 Å². The summed E-state index contributed by atoms with van der Waals surface area (Å²) in [5.74, 6) is -0.00296. The van der Waals surface area contributed by atoms with Gasteiger partial charge in [-0.25, -0.2) is 17.7 Å². The second kappa shape index (κ2) is 2.96. The van der Waals surface area contributed by atoms with Gasteiger partial charge in [-0.2, -0.15) is 0 Å². The number of benzene rings is 1. The second-order valence-corrected chi connectivity index (χ2v) is 5.30. The van der Waals surface area contributed by atoms with E-state index in [1.165, 1.54) is 13.1 Å². The number of aliphatic imine (C=N–C) groups is 1. The van der Waals surface area contributed by atoms with E-state index in [-0.39, 0.29) is 10.9 Å². The number of para-hydroxylation sites is 1. The highest BCUT2D eigenvalue weighted by Crippen LogP contribution is 2.33. The first kappa shape index (κ1) is 9.97. The van der Waals surface area contributed by atoms with Crippen LogP contribution in [0.5, 0.6) is 0 Å². The fourth-order valence-electron chi connectivity index (χ4n) is 1.44. The van der Waals surface area contributed by atoms with E-state index >= 15 is 0 Å². The first-order valence-corrected chi connectivity index (χ1v) is 5.81. The maximum atomic E-state index is 11.9. The lowest BCUT2D eigenvalue weighted by Gasteiger charge is -2.24. The van der Waals surface area contributed by atoms with Crippen molar-refractivity contribution in [3.63, 3.8) is 0 Å². The molecular weight excluding hydrogens is 214 g/mol. The van der Waals surface area contributed by atoms with Gasteiger partial charge in [-0.05, 0) is 18.6 Å². The average molecular weight is 225 g/mol. The quantitative estimate of drug-likeness (QED) is 0.701. The smallest absolute Gasteiger partial charge is 0.268 e. The maximum Gasteiger partial charge on any atom is 0.268 e. The van der Waals surface area contributed by atoms with Crippen LogP contribution in [-0.2, 0) is 10.0 Å². The summed E-state index contributed by atoms with van der Waals surface area (Å²) in [4.78, 5) is 4.27. The maximum absolute atomic E-state index is 11.9. The SMILES string of the molecule is Cc1cccc2c1N=C(N)N(C)S2(=O)=O. The Hall–Kier alpha value is -1.56. The third-order valence-corrected chi connectivity index (χ3v) is 4.18. The van der Waals surface area contributed by atoms with Crippen LogP contribution in [0.3, 0.4) is 0 Å².